The monoisotopic (exact) mass is 358 g/mol. The van der Waals surface area contributed by atoms with Crippen molar-refractivity contribution in [2.24, 2.45) is 11.7 Å². The molecule has 2 N–H and O–H groups in total. The molecular weight excluding hydrogens is 332 g/mol. The van der Waals surface area contributed by atoms with E-state index in [2.05, 4.69) is 0 Å². The summed E-state index contributed by atoms with van der Waals surface area (Å²) < 4.78 is 0. The Labute approximate surface area is 153 Å². The summed E-state index contributed by atoms with van der Waals surface area (Å²) in [5.74, 6) is -0.524. The van der Waals surface area contributed by atoms with E-state index >= 15 is 0 Å². The van der Waals surface area contributed by atoms with E-state index in [0.29, 0.717) is 31.5 Å². The van der Waals surface area contributed by atoms with E-state index in [1.165, 1.54) is 0 Å². The molecule has 1 aromatic carbocycles. The lowest BCUT2D eigenvalue weighted by Gasteiger charge is -2.35. The second-order valence-electron chi connectivity index (χ2n) is 7.05. The average Bonchev–Trinajstić information content (AvgIpc) is 3.21. The van der Waals surface area contributed by atoms with Gasteiger partial charge in [-0.1, -0.05) is 0 Å². The Bertz CT molecular complexity index is 675. The van der Waals surface area contributed by atoms with E-state index in [4.69, 9.17) is 5.73 Å². The Morgan fingerprint density at radius 2 is 1.50 bits per heavy atom. The minimum Gasteiger partial charge on any atom is -0.366 e. The van der Waals surface area contributed by atoms with Crippen molar-refractivity contribution in [2.75, 3.05) is 38.1 Å². The first-order valence-electron chi connectivity index (χ1n) is 9.18. The molecule has 0 radical (unpaired) electrons. The molecule has 2 heterocycles. The first kappa shape index (κ1) is 18.2. The SMILES string of the molecule is CN(C(=O)C1CCN(C(=O)N2CCCC2)CC1)c1ccc(C(N)=O)cc1. The highest BCUT2D eigenvalue weighted by atomic mass is 16.2. The van der Waals surface area contributed by atoms with Gasteiger partial charge < -0.3 is 20.4 Å². The number of piperidine rings is 1. The summed E-state index contributed by atoms with van der Waals surface area (Å²) in [6.45, 7) is 2.95. The van der Waals surface area contributed by atoms with Gasteiger partial charge in [0.2, 0.25) is 11.8 Å². The number of benzene rings is 1. The first-order valence-corrected chi connectivity index (χ1v) is 9.18. The topological polar surface area (TPSA) is 87.0 Å². The molecule has 4 amide bonds. The van der Waals surface area contributed by atoms with Crippen LogP contribution < -0.4 is 10.6 Å². The summed E-state index contributed by atoms with van der Waals surface area (Å²) in [5, 5.41) is 0. The molecule has 2 aliphatic heterocycles. The van der Waals surface area contributed by atoms with Crippen molar-refractivity contribution in [3.8, 4) is 0 Å². The second kappa shape index (κ2) is 7.76. The minimum atomic E-state index is -0.486. The Morgan fingerprint density at radius 1 is 0.962 bits per heavy atom. The molecule has 0 aliphatic carbocycles. The third-order valence-corrected chi connectivity index (χ3v) is 5.36. The van der Waals surface area contributed by atoms with Gasteiger partial charge in [0, 0.05) is 50.4 Å². The summed E-state index contributed by atoms with van der Waals surface area (Å²) in [5.41, 5.74) is 6.40. The lowest BCUT2D eigenvalue weighted by Crippen LogP contribution is -2.48. The normalized spacial score (nSPS) is 18.0. The van der Waals surface area contributed by atoms with Gasteiger partial charge in [-0.2, -0.15) is 0 Å². The largest absolute Gasteiger partial charge is 0.366 e. The van der Waals surface area contributed by atoms with Crippen molar-refractivity contribution in [3.63, 3.8) is 0 Å². The number of rotatable bonds is 3. The molecule has 2 aliphatic rings. The van der Waals surface area contributed by atoms with E-state index in [1.54, 1.807) is 36.2 Å². The predicted molar refractivity (Wildman–Crippen MR) is 98.9 cm³/mol. The zero-order valence-corrected chi connectivity index (χ0v) is 15.2. The minimum absolute atomic E-state index is 0.0464. The van der Waals surface area contributed by atoms with E-state index in [-0.39, 0.29) is 17.9 Å². The third kappa shape index (κ3) is 3.81. The summed E-state index contributed by atoms with van der Waals surface area (Å²) in [4.78, 5) is 41.8. The van der Waals surface area contributed by atoms with Crippen molar-refractivity contribution in [2.45, 2.75) is 25.7 Å². The van der Waals surface area contributed by atoms with Crippen LogP contribution in [0.4, 0.5) is 10.5 Å². The van der Waals surface area contributed by atoms with Crippen LogP contribution in [0.2, 0.25) is 0 Å². The molecular formula is C19H26N4O3. The molecule has 2 fully saturated rings. The summed E-state index contributed by atoms with van der Waals surface area (Å²) >= 11 is 0. The predicted octanol–water partition coefficient (Wildman–Crippen LogP) is 1.68. The molecule has 3 rings (SSSR count). The molecule has 0 atom stereocenters. The molecule has 0 spiro atoms. The first-order chi connectivity index (χ1) is 12.5. The molecule has 7 nitrogen and oxygen atoms in total. The van der Waals surface area contributed by atoms with Crippen LogP contribution in [0.1, 0.15) is 36.0 Å². The highest BCUT2D eigenvalue weighted by molar-refractivity contribution is 5.96. The van der Waals surface area contributed by atoms with E-state index in [9.17, 15) is 14.4 Å². The van der Waals surface area contributed by atoms with E-state index in [0.717, 1.165) is 31.6 Å². The zero-order valence-electron chi connectivity index (χ0n) is 15.2. The number of carbonyl (C=O) groups is 3. The number of hydrogen-bond acceptors (Lipinski definition) is 3. The average molecular weight is 358 g/mol. The Balaban J connectivity index is 1.55. The van der Waals surface area contributed by atoms with Crippen LogP contribution >= 0.6 is 0 Å². The summed E-state index contributed by atoms with van der Waals surface area (Å²) in [6, 6.07) is 6.81. The molecule has 140 valence electrons. The Kier molecular flexibility index (Phi) is 5.44. The fourth-order valence-corrected chi connectivity index (χ4v) is 3.68. The van der Waals surface area contributed by atoms with Crippen molar-refractivity contribution < 1.29 is 14.4 Å². The molecule has 0 unspecified atom stereocenters. The maximum absolute atomic E-state index is 12.8. The lowest BCUT2D eigenvalue weighted by molar-refractivity contribution is -0.123. The molecule has 0 saturated carbocycles. The summed E-state index contributed by atoms with van der Waals surface area (Å²) in [6.07, 6.45) is 3.53. The molecule has 2 saturated heterocycles. The molecule has 26 heavy (non-hydrogen) atoms. The van der Waals surface area contributed by atoms with Gasteiger partial charge in [-0.05, 0) is 49.9 Å². The van der Waals surface area contributed by atoms with Gasteiger partial charge in [0.05, 0.1) is 0 Å². The van der Waals surface area contributed by atoms with Crippen molar-refractivity contribution in [1.82, 2.24) is 9.80 Å². The van der Waals surface area contributed by atoms with Crippen LogP contribution in [0, 0.1) is 5.92 Å². The van der Waals surface area contributed by atoms with Crippen LogP contribution in [0.15, 0.2) is 24.3 Å². The van der Waals surface area contributed by atoms with E-state index in [1.807, 2.05) is 9.80 Å². The highest BCUT2D eigenvalue weighted by Gasteiger charge is 2.31. The fraction of sp³-hybridized carbons (Fsp3) is 0.526. The van der Waals surface area contributed by atoms with Gasteiger partial charge in [-0.25, -0.2) is 4.79 Å². The van der Waals surface area contributed by atoms with Crippen LogP contribution in [0.5, 0.6) is 0 Å². The number of primary amides is 1. The standard InChI is InChI=1S/C19H26N4O3/c1-21(16-6-4-14(5-7-16)17(20)24)18(25)15-8-12-23(13-9-15)19(26)22-10-2-3-11-22/h4-7,15H,2-3,8-13H2,1H3,(H2,20,24). The highest BCUT2D eigenvalue weighted by Crippen LogP contribution is 2.24. The number of urea groups is 1. The van der Waals surface area contributed by atoms with E-state index < -0.39 is 5.91 Å². The molecule has 1 aromatic rings. The zero-order chi connectivity index (χ0) is 18.7. The van der Waals surface area contributed by atoms with Crippen LogP contribution in [-0.2, 0) is 4.79 Å². The van der Waals surface area contributed by atoms with Crippen LogP contribution in [0.3, 0.4) is 0 Å². The fourth-order valence-electron chi connectivity index (χ4n) is 3.68. The number of hydrogen-bond donors (Lipinski definition) is 1. The maximum atomic E-state index is 12.8. The number of nitrogens with zero attached hydrogens (tertiary/aromatic N) is 3. The second-order valence-corrected chi connectivity index (χ2v) is 7.05. The molecule has 7 heteroatoms. The quantitative estimate of drug-likeness (QED) is 0.892. The van der Waals surface area contributed by atoms with Gasteiger partial charge in [-0.15, -0.1) is 0 Å². The van der Waals surface area contributed by atoms with Crippen LogP contribution in [-0.4, -0.2) is 60.9 Å². The summed E-state index contributed by atoms with van der Waals surface area (Å²) in [7, 11) is 1.74. The number of nitrogens with two attached hydrogens (primary N) is 1. The van der Waals surface area contributed by atoms with Gasteiger partial charge in [0.1, 0.15) is 0 Å². The van der Waals surface area contributed by atoms with Crippen molar-refractivity contribution >= 4 is 23.5 Å². The van der Waals surface area contributed by atoms with Gasteiger partial charge in [0.15, 0.2) is 0 Å². The number of anilines is 1. The lowest BCUT2D eigenvalue weighted by atomic mass is 9.95. The van der Waals surface area contributed by atoms with Gasteiger partial charge in [0.25, 0.3) is 0 Å². The van der Waals surface area contributed by atoms with Gasteiger partial charge >= 0.3 is 6.03 Å². The van der Waals surface area contributed by atoms with Gasteiger partial charge in [-0.3, -0.25) is 9.59 Å². The van der Waals surface area contributed by atoms with Crippen molar-refractivity contribution in [1.29, 1.82) is 0 Å². The maximum Gasteiger partial charge on any atom is 0.319 e. The molecule has 0 aromatic heterocycles. The third-order valence-electron chi connectivity index (χ3n) is 5.36. The number of likely N-dealkylation sites (tertiary alicyclic amines) is 2. The number of amides is 4. The Hall–Kier alpha value is -2.57. The van der Waals surface area contributed by atoms with Crippen LogP contribution in [0.25, 0.3) is 0 Å². The number of carbonyl (C=O) groups excluding carboxylic acids is 3. The smallest absolute Gasteiger partial charge is 0.319 e. The Morgan fingerprint density at radius 3 is 2.04 bits per heavy atom. The molecule has 0 bridgehead atoms. The van der Waals surface area contributed by atoms with Crippen molar-refractivity contribution in [3.05, 3.63) is 29.8 Å².